The number of nitrogens with one attached hydrogen (secondary N) is 1. The summed E-state index contributed by atoms with van der Waals surface area (Å²) in [5, 5.41) is 1.34. The molecular weight excluding hydrogens is 414 g/mol. The SMILES string of the molecule is CC(=O)Oc1ccc(OC(C)=O)c2cc(CCCn3cnc4c(=O)[nH]c(N)nc43)ccc12. The molecule has 0 amide bonds. The van der Waals surface area contributed by atoms with Gasteiger partial charge in [0.15, 0.2) is 11.2 Å². The molecule has 0 aliphatic heterocycles. The van der Waals surface area contributed by atoms with Crippen LogP contribution in [0.25, 0.3) is 21.9 Å². The zero-order valence-electron chi connectivity index (χ0n) is 17.5. The molecule has 32 heavy (non-hydrogen) atoms. The first-order valence-corrected chi connectivity index (χ1v) is 9.95. The van der Waals surface area contributed by atoms with Crippen LogP contribution in [-0.4, -0.2) is 31.5 Å². The van der Waals surface area contributed by atoms with Crippen molar-refractivity contribution in [2.75, 3.05) is 5.73 Å². The third-order valence-electron chi connectivity index (χ3n) is 4.87. The predicted molar refractivity (Wildman–Crippen MR) is 117 cm³/mol. The van der Waals surface area contributed by atoms with Crippen molar-refractivity contribution in [2.45, 2.75) is 33.2 Å². The molecule has 0 bridgehead atoms. The van der Waals surface area contributed by atoms with E-state index in [9.17, 15) is 14.4 Å². The number of nitrogens with zero attached hydrogens (tertiary/aromatic N) is 3. The Balaban J connectivity index is 1.59. The third-order valence-corrected chi connectivity index (χ3v) is 4.87. The van der Waals surface area contributed by atoms with E-state index in [-0.39, 0.29) is 17.0 Å². The smallest absolute Gasteiger partial charge is 0.308 e. The summed E-state index contributed by atoms with van der Waals surface area (Å²) in [4.78, 5) is 45.6. The van der Waals surface area contributed by atoms with Crippen LogP contribution < -0.4 is 20.8 Å². The molecule has 2 aromatic carbocycles. The van der Waals surface area contributed by atoms with Gasteiger partial charge in [0, 0.05) is 31.2 Å². The molecule has 0 aliphatic carbocycles. The molecule has 10 nitrogen and oxygen atoms in total. The van der Waals surface area contributed by atoms with E-state index in [1.807, 2.05) is 18.2 Å². The number of aryl methyl sites for hydroxylation is 2. The largest absolute Gasteiger partial charge is 0.426 e. The van der Waals surface area contributed by atoms with Gasteiger partial charge in [-0.25, -0.2) is 4.98 Å². The minimum atomic E-state index is -0.439. The molecule has 0 fully saturated rings. The summed E-state index contributed by atoms with van der Waals surface area (Å²) in [6.07, 6.45) is 3.00. The molecule has 0 radical (unpaired) electrons. The lowest BCUT2D eigenvalue weighted by atomic mass is 10.0. The number of carbonyl (C=O) groups excluding carboxylic acids is 2. The lowest BCUT2D eigenvalue weighted by Crippen LogP contribution is -2.12. The number of aromatic nitrogens is 4. The van der Waals surface area contributed by atoms with Crippen LogP contribution in [0, 0.1) is 0 Å². The van der Waals surface area contributed by atoms with Crippen molar-refractivity contribution in [1.29, 1.82) is 0 Å². The number of aromatic amines is 1. The highest BCUT2D eigenvalue weighted by atomic mass is 16.5. The molecule has 2 aromatic heterocycles. The minimum Gasteiger partial charge on any atom is -0.426 e. The Morgan fingerprint density at radius 3 is 2.44 bits per heavy atom. The summed E-state index contributed by atoms with van der Waals surface area (Å²) in [6.45, 7) is 3.24. The van der Waals surface area contributed by atoms with E-state index >= 15 is 0 Å². The molecule has 0 saturated carbocycles. The number of imidazole rings is 1. The maximum absolute atomic E-state index is 11.9. The highest BCUT2D eigenvalue weighted by Crippen LogP contribution is 2.34. The van der Waals surface area contributed by atoms with Gasteiger partial charge in [-0.2, -0.15) is 4.98 Å². The van der Waals surface area contributed by atoms with Crippen LogP contribution in [0.5, 0.6) is 11.5 Å². The fourth-order valence-corrected chi connectivity index (χ4v) is 3.57. The second-order valence-corrected chi connectivity index (χ2v) is 7.29. The number of fused-ring (bicyclic) bond motifs is 2. The summed E-state index contributed by atoms with van der Waals surface area (Å²) < 4.78 is 12.4. The third kappa shape index (κ3) is 4.29. The topological polar surface area (TPSA) is 142 Å². The Labute approximate surface area is 182 Å². The van der Waals surface area contributed by atoms with Gasteiger partial charge in [0.1, 0.15) is 11.5 Å². The number of ether oxygens (including phenoxy) is 2. The molecule has 3 N–H and O–H groups in total. The summed E-state index contributed by atoms with van der Waals surface area (Å²) in [6, 6.07) is 8.89. The Morgan fingerprint density at radius 2 is 1.75 bits per heavy atom. The quantitative estimate of drug-likeness (QED) is 0.347. The van der Waals surface area contributed by atoms with Gasteiger partial charge in [-0.15, -0.1) is 0 Å². The summed E-state index contributed by atoms with van der Waals surface area (Å²) in [7, 11) is 0. The van der Waals surface area contributed by atoms with Gasteiger partial charge >= 0.3 is 11.9 Å². The average molecular weight is 435 g/mol. The van der Waals surface area contributed by atoms with E-state index in [2.05, 4.69) is 15.0 Å². The van der Waals surface area contributed by atoms with E-state index in [4.69, 9.17) is 15.2 Å². The van der Waals surface area contributed by atoms with Crippen LogP contribution in [0.3, 0.4) is 0 Å². The van der Waals surface area contributed by atoms with E-state index in [0.29, 0.717) is 40.9 Å². The number of nitrogen functional groups attached to an aromatic ring is 1. The summed E-state index contributed by atoms with van der Waals surface area (Å²) >= 11 is 0. The Bertz CT molecular complexity index is 1410. The molecule has 164 valence electrons. The number of esters is 2. The normalized spacial score (nSPS) is 11.1. The highest BCUT2D eigenvalue weighted by molar-refractivity contribution is 5.96. The Kier molecular flexibility index (Phi) is 5.59. The monoisotopic (exact) mass is 435 g/mol. The summed E-state index contributed by atoms with van der Waals surface area (Å²) in [5.74, 6) is -0.0409. The fraction of sp³-hybridized carbons (Fsp3) is 0.227. The van der Waals surface area contributed by atoms with Gasteiger partial charge in [0.25, 0.3) is 5.56 Å². The number of hydrogen-bond acceptors (Lipinski definition) is 8. The maximum atomic E-state index is 11.9. The number of carbonyl (C=O) groups is 2. The lowest BCUT2D eigenvalue weighted by molar-refractivity contribution is -0.132. The van der Waals surface area contributed by atoms with E-state index in [1.54, 1.807) is 23.0 Å². The van der Waals surface area contributed by atoms with E-state index < -0.39 is 11.9 Å². The molecule has 0 saturated heterocycles. The maximum Gasteiger partial charge on any atom is 0.308 e. The van der Waals surface area contributed by atoms with Crippen molar-refractivity contribution >= 4 is 39.8 Å². The molecule has 0 atom stereocenters. The van der Waals surface area contributed by atoms with Gasteiger partial charge in [0.2, 0.25) is 5.95 Å². The van der Waals surface area contributed by atoms with Crippen LogP contribution in [-0.2, 0) is 22.6 Å². The zero-order chi connectivity index (χ0) is 22.8. The number of H-pyrrole nitrogens is 1. The van der Waals surface area contributed by atoms with Crippen molar-refractivity contribution in [3.05, 3.63) is 52.6 Å². The predicted octanol–water partition coefficient (Wildman–Crippen LogP) is 2.34. The van der Waals surface area contributed by atoms with Crippen molar-refractivity contribution in [3.63, 3.8) is 0 Å². The highest BCUT2D eigenvalue weighted by Gasteiger charge is 2.13. The average Bonchev–Trinajstić information content (AvgIpc) is 3.12. The van der Waals surface area contributed by atoms with E-state index in [0.717, 1.165) is 12.0 Å². The Hall–Kier alpha value is -4.21. The van der Waals surface area contributed by atoms with Gasteiger partial charge in [-0.05, 0) is 36.6 Å². The minimum absolute atomic E-state index is 0.0420. The van der Waals surface area contributed by atoms with Crippen LogP contribution >= 0.6 is 0 Å². The second kappa shape index (κ2) is 8.50. The molecule has 0 unspecified atom stereocenters. The lowest BCUT2D eigenvalue weighted by Gasteiger charge is -2.12. The molecule has 2 heterocycles. The fourth-order valence-electron chi connectivity index (χ4n) is 3.57. The molecule has 10 heteroatoms. The Morgan fingerprint density at radius 1 is 1.06 bits per heavy atom. The number of hydrogen-bond donors (Lipinski definition) is 2. The zero-order valence-corrected chi connectivity index (χ0v) is 17.5. The van der Waals surface area contributed by atoms with Crippen LogP contribution in [0.2, 0.25) is 0 Å². The van der Waals surface area contributed by atoms with Gasteiger partial charge in [0.05, 0.1) is 6.33 Å². The number of nitrogens with two attached hydrogens (primary N) is 1. The van der Waals surface area contributed by atoms with Crippen molar-refractivity contribution < 1.29 is 19.1 Å². The number of rotatable bonds is 6. The first-order valence-electron chi connectivity index (χ1n) is 9.95. The van der Waals surface area contributed by atoms with Crippen LogP contribution in [0.1, 0.15) is 25.8 Å². The molecule has 4 rings (SSSR count). The van der Waals surface area contributed by atoms with Crippen molar-refractivity contribution in [2.24, 2.45) is 0 Å². The number of anilines is 1. The molecular formula is C22H21N5O5. The standard InChI is InChI=1S/C22H21N5O5/c1-12(28)31-17-7-8-18(32-13(2)29)16-10-14(5-6-15(16)17)4-3-9-27-11-24-19-20(27)25-22(23)26-21(19)30/h5-8,10-11H,3-4,9H2,1-2H3,(H3,23,25,26,30). The molecule has 4 aromatic rings. The van der Waals surface area contributed by atoms with Crippen molar-refractivity contribution in [3.8, 4) is 11.5 Å². The summed E-state index contributed by atoms with van der Waals surface area (Å²) in [5.41, 5.74) is 6.95. The second-order valence-electron chi connectivity index (χ2n) is 7.29. The first-order chi connectivity index (χ1) is 15.3. The number of benzene rings is 2. The first kappa shape index (κ1) is 21.0. The van der Waals surface area contributed by atoms with Crippen LogP contribution in [0.4, 0.5) is 5.95 Å². The van der Waals surface area contributed by atoms with Gasteiger partial charge in [-0.1, -0.05) is 12.1 Å². The molecule has 0 spiro atoms. The van der Waals surface area contributed by atoms with Gasteiger partial charge in [-0.3, -0.25) is 19.4 Å². The van der Waals surface area contributed by atoms with Crippen LogP contribution in [0.15, 0.2) is 41.5 Å². The van der Waals surface area contributed by atoms with Gasteiger partial charge < -0.3 is 19.8 Å². The molecule has 0 aliphatic rings. The van der Waals surface area contributed by atoms with Crippen molar-refractivity contribution in [1.82, 2.24) is 19.5 Å². The van der Waals surface area contributed by atoms with E-state index in [1.165, 1.54) is 13.8 Å².